The zero-order valence-electron chi connectivity index (χ0n) is 11.5. The monoisotopic (exact) mass is 420 g/mol. The number of hydrogen-bond donors (Lipinski definition) is 2. The van der Waals surface area contributed by atoms with Gasteiger partial charge in [-0.1, -0.05) is 0 Å². The molecule has 2 N–H and O–H groups in total. The van der Waals surface area contributed by atoms with E-state index in [1.807, 2.05) is 0 Å². The zero-order chi connectivity index (χ0) is 21.5. The summed E-state index contributed by atoms with van der Waals surface area (Å²) in [5.41, 5.74) is 0. The third-order valence-corrected chi connectivity index (χ3v) is 2.68. The molecule has 0 spiro atoms. The van der Waals surface area contributed by atoms with Crippen molar-refractivity contribution in [2.24, 2.45) is 0 Å². The minimum absolute atomic E-state index is 1.96. The van der Waals surface area contributed by atoms with Crippen LogP contribution in [0.5, 0.6) is 0 Å². The Morgan fingerprint density at radius 1 is 0.769 bits per heavy atom. The number of hydrogen-bond acceptors (Lipinski definition) is 2. The van der Waals surface area contributed by atoms with E-state index in [9.17, 15) is 61.9 Å². The smallest absolute Gasteiger partial charge is 0.460 e. The summed E-state index contributed by atoms with van der Waals surface area (Å²) < 4.78 is 164. The first-order chi connectivity index (χ1) is 11.2. The first kappa shape index (κ1) is 24.3. The molecule has 0 rings (SSSR count). The topological polar surface area (TPSA) is 57.5 Å². The number of carbonyl (C=O) groups is 1. The van der Waals surface area contributed by atoms with Crippen LogP contribution < -0.4 is 0 Å². The van der Waals surface area contributed by atoms with Crippen molar-refractivity contribution in [2.75, 3.05) is 0 Å². The van der Waals surface area contributed by atoms with Crippen LogP contribution in [0.15, 0.2) is 11.7 Å². The van der Waals surface area contributed by atoms with E-state index < -0.39 is 60.0 Å². The van der Waals surface area contributed by atoms with Crippen molar-refractivity contribution in [2.45, 2.75) is 42.4 Å². The second-order valence-electron chi connectivity index (χ2n) is 4.57. The van der Waals surface area contributed by atoms with Crippen LogP contribution in [0.4, 0.5) is 57.1 Å². The van der Waals surface area contributed by atoms with Gasteiger partial charge in [-0.15, -0.1) is 0 Å². The molecule has 0 radical (unpaired) electrons. The van der Waals surface area contributed by atoms with Gasteiger partial charge in [0.1, 0.15) is 6.10 Å². The number of aliphatic carboxylic acids is 1. The molecule has 16 heteroatoms. The SMILES string of the molecule is O=C(O)CC(O)/C(F)=C(\F)C(F)(F)C(F)(F)C(F)(F)C(F)(F)C(F)(F)F. The van der Waals surface area contributed by atoms with Gasteiger partial charge in [0, 0.05) is 0 Å². The number of carboxylic acid groups (broad SMARTS) is 1. The third-order valence-electron chi connectivity index (χ3n) is 2.68. The number of rotatable bonds is 7. The van der Waals surface area contributed by atoms with Gasteiger partial charge in [-0.25, -0.2) is 8.78 Å². The fourth-order valence-corrected chi connectivity index (χ4v) is 1.26. The molecule has 0 aromatic rings. The van der Waals surface area contributed by atoms with Crippen molar-refractivity contribution in [3.05, 3.63) is 11.7 Å². The van der Waals surface area contributed by atoms with E-state index in [4.69, 9.17) is 10.2 Å². The second kappa shape index (κ2) is 6.77. The average molecular weight is 420 g/mol. The summed E-state index contributed by atoms with van der Waals surface area (Å²) in [6.45, 7) is 0. The van der Waals surface area contributed by atoms with E-state index in [2.05, 4.69) is 0 Å². The first-order valence-electron chi connectivity index (χ1n) is 5.69. The lowest BCUT2D eigenvalue weighted by Crippen LogP contribution is -2.66. The van der Waals surface area contributed by atoms with Gasteiger partial charge >= 0.3 is 35.8 Å². The largest absolute Gasteiger partial charge is 0.481 e. The van der Waals surface area contributed by atoms with Crippen LogP contribution >= 0.6 is 0 Å². The highest BCUT2D eigenvalue weighted by molar-refractivity contribution is 5.67. The van der Waals surface area contributed by atoms with Gasteiger partial charge < -0.3 is 10.2 Å². The quantitative estimate of drug-likeness (QED) is 0.611. The maximum atomic E-state index is 13.1. The lowest BCUT2D eigenvalue weighted by Gasteiger charge is -2.36. The number of aliphatic hydroxyl groups is 1. The second-order valence-corrected chi connectivity index (χ2v) is 4.57. The molecule has 1 unspecified atom stereocenters. The maximum absolute atomic E-state index is 13.1. The molecule has 0 aliphatic heterocycles. The molecule has 3 nitrogen and oxygen atoms in total. The van der Waals surface area contributed by atoms with Gasteiger partial charge in [0.2, 0.25) is 5.83 Å². The number of aliphatic hydroxyl groups excluding tert-OH is 1. The van der Waals surface area contributed by atoms with E-state index in [-0.39, 0.29) is 0 Å². The molecule has 0 aliphatic carbocycles. The van der Waals surface area contributed by atoms with Gasteiger partial charge in [0.25, 0.3) is 0 Å². The minimum atomic E-state index is -7.98. The summed E-state index contributed by atoms with van der Waals surface area (Å²) in [5.74, 6) is -41.0. The van der Waals surface area contributed by atoms with Gasteiger partial charge in [-0.3, -0.25) is 4.79 Å². The molecule has 0 aromatic carbocycles. The molecule has 0 bridgehead atoms. The predicted octanol–water partition coefficient (Wildman–Crippen LogP) is 4.08. The average Bonchev–Trinajstić information content (AvgIpc) is 2.42. The first-order valence-corrected chi connectivity index (χ1v) is 5.69. The molecule has 0 saturated carbocycles. The Morgan fingerprint density at radius 2 is 1.15 bits per heavy atom. The van der Waals surface area contributed by atoms with Crippen molar-refractivity contribution in [3.8, 4) is 0 Å². The van der Waals surface area contributed by atoms with Gasteiger partial charge in [0.15, 0.2) is 5.83 Å². The number of alkyl halides is 11. The van der Waals surface area contributed by atoms with Crippen LogP contribution in [0.3, 0.4) is 0 Å². The van der Waals surface area contributed by atoms with Crippen LogP contribution in [0.25, 0.3) is 0 Å². The molecular weight excluding hydrogens is 415 g/mol. The van der Waals surface area contributed by atoms with Crippen LogP contribution in [0.1, 0.15) is 6.42 Å². The number of allylic oxidation sites excluding steroid dienone is 1. The summed E-state index contributed by atoms with van der Waals surface area (Å²) in [7, 11) is 0. The van der Waals surface area contributed by atoms with E-state index in [1.54, 1.807) is 0 Å². The predicted molar refractivity (Wildman–Crippen MR) is 53.3 cm³/mol. The van der Waals surface area contributed by atoms with Crippen molar-refractivity contribution < 1.29 is 72.1 Å². The number of halogens is 13. The molecule has 0 saturated heterocycles. The summed E-state index contributed by atoms with van der Waals surface area (Å²) in [6.07, 6.45) is -12.9. The fourth-order valence-electron chi connectivity index (χ4n) is 1.26. The van der Waals surface area contributed by atoms with E-state index in [0.29, 0.717) is 0 Å². The third kappa shape index (κ3) is 3.68. The Bertz CT molecular complexity index is 577. The lowest BCUT2D eigenvalue weighted by atomic mass is 9.96. The standard InChI is InChI=1S/C10H5F13O3/c11-4(2(24)1-3(25)26)5(12)6(13,14)7(15,16)8(17,18)9(19,20)10(21,22)23/h2,24H,1H2,(H,25,26)/b5-4+. The Balaban J connectivity index is 6.29. The highest BCUT2D eigenvalue weighted by Gasteiger charge is 2.88. The Morgan fingerprint density at radius 3 is 1.46 bits per heavy atom. The summed E-state index contributed by atoms with van der Waals surface area (Å²) in [4.78, 5) is 10.0. The molecule has 0 aromatic heterocycles. The van der Waals surface area contributed by atoms with Crippen molar-refractivity contribution in [1.29, 1.82) is 0 Å². The molecule has 26 heavy (non-hydrogen) atoms. The summed E-state index contributed by atoms with van der Waals surface area (Å²) in [5, 5.41) is 16.7. The Labute approximate surface area is 133 Å². The van der Waals surface area contributed by atoms with Gasteiger partial charge in [-0.05, 0) is 0 Å². The molecule has 0 amide bonds. The highest BCUT2D eigenvalue weighted by atomic mass is 19.4. The van der Waals surface area contributed by atoms with Crippen LogP contribution in [-0.4, -0.2) is 52.2 Å². The summed E-state index contributed by atoms with van der Waals surface area (Å²) >= 11 is 0. The fraction of sp³-hybridized carbons (Fsp3) is 0.700. The lowest BCUT2D eigenvalue weighted by molar-refractivity contribution is -0.419. The van der Waals surface area contributed by atoms with Crippen molar-refractivity contribution in [1.82, 2.24) is 0 Å². The normalized spacial score (nSPS) is 17.0. The van der Waals surface area contributed by atoms with E-state index >= 15 is 0 Å². The van der Waals surface area contributed by atoms with Gasteiger partial charge in [0.05, 0.1) is 6.42 Å². The van der Waals surface area contributed by atoms with Crippen LogP contribution in [0, 0.1) is 0 Å². The van der Waals surface area contributed by atoms with Crippen LogP contribution in [0.2, 0.25) is 0 Å². The summed E-state index contributed by atoms with van der Waals surface area (Å²) in [6, 6.07) is 0. The number of carboxylic acids is 1. The Kier molecular flexibility index (Phi) is 6.32. The minimum Gasteiger partial charge on any atom is -0.481 e. The van der Waals surface area contributed by atoms with Gasteiger partial charge in [-0.2, -0.15) is 48.3 Å². The molecule has 154 valence electrons. The highest BCUT2D eigenvalue weighted by Crippen LogP contribution is 2.59. The van der Waals surface area contributed by atoms with Crippen molar-refractivity contribution >= 4 is 5.97 Å². The Hall–Kier alpha value is -1.74. The van der Waals surface area contributed by atoms with Crippen molar-refractivity contribution in [3.63, 3.8) is 0 Å². The molecule has 0 fully saturated rings. The van der Waals surface area contributed by atoms with Crippen LogP contribution in [-0.2, 0) is 4.79 Å². The zero-order valence-corrected chi connectivity index (χ0v) is 11.5. The molecule has 0 aliphatic rings. The molecular formula is C10H5F13O3. The molecule has 0 heterocycles. The molecule has 1 atom stereocenters. The van der Waals surface area contributed by atoms with E-state index in [0.717, 1.165) is 0 Å². The van der Waals surface area contributed by atoms with E-state index in [1.165, 1.54) is 0 Å². The maximum Gasteiger partial charge on any atom is 0.460 e.